The smallest absolute Gasteiger partial charge is 0.417 e. The van der Waals surface area contributed by atoms with Crippen molar-refractivity contribution < 1.29 is 41.2 Å². The number of alkyl halides is 6. The number of halogens is 6. The van der Waals surface area contributed by atoms with Crippen LogP contribution in [-0.4, -0.2) is 21.0 Å². The summed E-state index contributed by atoms with van der Waals surface area (Å²) in [6, 6.07) is 0.0751. The molecule has 0 radical (unpaired) electrons. The van der Waals surface area contributed by atoms with Gasteiger partial charge in [0.2, 0.25) is 6.54 Å². The minimum absolute atomic E-state index is 0.203. The summed E-state index contributed by atoms with van der Waals surface area (Å²) in [5, 5.41) is 18.6. The highest BCUT2D eigenvalue weighted by Gasteiger charge is 2.40. The van der Waals surface area contributed by atoms with Crippen LogP contribution in [0.1, 0.15) is 27.2 Å². The summed E-state index contributed by atoms with van der Waals surface area (Å²) >= 11 is 0. The van der Waals surface area contributed by atoms with Crippen molar-refractivity contribution in [3.63, 3.8) is 0 Å². The lowest BCUT2D eigenvalue weighted by Gasteiger charge is -2.13. The van der Waals surface area contributed by atoms with Gasteiger partial charge in [-0.05, 0) is 12.1 Å². The van der Waals surface area contributed by atoms with E-state index in [9.17, 15) is 41.3 Å². The van der Waals surface area contributed by atoms with Gasteiger partial charge in [0.25, 0.3) is 0 Å². The number of aromatic nitrogens is 1. The lowest BCUT2D eigenvalue weighted by molar-refractivity contribution is -0.496. The Morgan fingerprint density at radius 2 is 1.75 bits per heavy atom. The zero-order valence-corrected chi connectivity index (χ0v) is 11.2. The number of nitro groups is 1. The monoisotopic (exact) mass is 356 g/mol. The molecule has 1 aromatic heterocycles. The first-order chi connectivity index (χ1) is 10.8. The Labute approximate surface area is 127 Å². The van der Waals surface area contributed by atoms with E-state index in [2.05, 4.69) is 0 Å². The number of hydrogen-bond donors (Lipinski definition) is 2. The highest BCUT2D eigenvalue weighted by molar-refractivity contribution is 5.99. The van der Waals surface area contributed by atoms with Crippen molar-refractivity contribution in [2.45, 2.75) is 18.9 Å². The SMILES string of the molecule is O=C(O)c1[nH]c2cc(C(F)(F)F)cc(C(F)(F)F)c2c1C[N+](=O)[O-]. The second-order valence-electron chi connectivity index (χ2n) is 4.72. The molecule has 2 aromatic rings. The van der Waals surface area contributed by atoms with E-state index in [0.29, 0.717) is 0 Å². The van der Waals surface area contributed by atoms with Gasteiger partial charge in [0.05, 0.1) is 16.7 Å². The number of carboxylic acids is 1. The van der Waals surface area contributed by atoms with Gasteiger partial charge in [0.15, 0.2) is 0 Å². The molecule has 0 spiro atoms. The number of H-pyrrole nitrogens is 1. The third-order valence-electron chi connectivity index (χ3n) is 3.14. The Kier molecular flexibility index (Phi) is 3.94. The van der Waals surface area contributed by atoms with E-state index in [0.717, 1.165) is 0 Å². The zero-order chi connectivity index (χ0) is 18.4. The van der Waals surface area contributed by atoms with E-state index in [-0.39, 0.29) is 12.1 Å². The zero-order valence-electron chi connectivity index (χ0n) is 11.2. The first-order valence-corrected chi connectivity index (χ1v) is 6.00. The van der Waals surface area contributed by atoms with E-state index in [4.69, 9.17) is 5.11 Å². The van der Waals surface area contributed by atoms with Gasteiger partial charge in [-0.15, -0.1) is 0 Å². The molecular formula is C12H6F6N2O4. The summed E-state index contributed by atoms with van der Waals surface area (Å²) in [5.41, 5.74) is -6.07. The Morgan fingerprint density at radius 1 is 1.17 bits per heavy atom. The second kappa shape index (κ2) is 5.39. The summed E-state index contributed by atoms with van der Waals surface area (Å²) < 4.78 is 77.6. The molecule has 0 bridgehead atoms. The quantitative estimate of drug-likeness (QED) is 0.498. The van der Waals surface area contributed by atoms with Crippen LogP contribution < -0.4 is 0 Å². The summed E-state index contributed by atoms with van der Waals surface area (Å²) in [5.74, 6) is -1.83. The van der Waals surface area contributed by atoms with Crippen LogP contribution in [0.25, 0.3) is 10.9 Å². The van der Waals surface area contributed by atoms with Gasteiger partial charge in [0, 0.05) is 15.8 Å². The number of fused-ring (bicyclic) bond motifs is 1. The maximum Gasteiger partial charge on any atom is 0.417 e. The van der Waals surface area contributed by atoms with Crippen LogP contribution in [0.4, 0.5) is 26.3 Å². The maximum atomic E-state index is 13.1. The number of rotatable bonds is 3. The lowest BCUT2D eigenvalue weighted by atomic mass is 10.0. The molecule has 0 saturated carbocycles. The van der Waals surface area contributed by atoms with Crippen LogP contribution >= 0.6 is 0 Å². The fourth-order valence-electron chi connectivity index (χ4n) is 2.26. The predicted octanol–water partition coefficient (Wildman–Crippen LogP) is 3.68. The third kappa shape index (κ3) is 3.12. The molecule has 0 fully saturated rings. The molecule has 0 amide bonds. The number of carbonyl (C=O) groups is 1. The van der Waals surface area contributed by atoms with Crippen molar-refractivity contribution in [2.24, 2.45) is 0 Å². The fraction of sp³-hybridized carbons (Fsp3) is 0.250. The molecular weight excluding hydrogens is 350 g/mol. The summed E-state index contributed by atoms with van der Waals surface area (Å²) in [4.78, 5) is 22.5. The molecule has 6 nitrogen and oxygen atoms in total. The standard InChI is InChI=1S/C12H6F6N2O4/c13-11(14,15)4-1-6(12(16,17)18)8-5(3-20(23)24)9(10(21)22)19-7(8)2-4/h1-2,19H,3H2,(H,21,22). The number of nitrogens with one attached hydrogen (secondary N) is 1. The number of aromatic amines is 1. The minimum Gasteiger partial charge on any atom is -0.477 e. The van der Waals surface area contributed by atoms with Crippen LogP contribution in [0.3, 0.4) is 0 Å². The van der Waals surface area contributed by atoms with Crippen LogP contribution in [-0.2, 0) is 18.9 Å². The number of hydrogen-bond acceptors (Lipinski definition) is 3. The van der Waals surface area contributed by atoms with E-state index in [1.54, 1.807) is 0 Å². The highest BCUT2D eigenvalue weighted by Crippen LogP contribution is 2.42. The molecule has 2 rings (SSSR count). The van der Waals surface area contributed by atoms with Crippen molar-refractivity contribution in [3.8, 4) is 0 Å². The van der Waals surface area contributed by atoms with Gasteiger partial charge in [-0.3, -0.25) is 10.1 Å². The molecule has 2 N–H and O–H groups in total. The Hall–Kier alpha value is -2.79. The van der Waals surface area contributed by atoms with Crippen LogP contribution in [0.15, 0.2) is 12.1 Å². The molecule has 0 aliphatic heterocycles. The maximum absolute atomic E-state index is 13.1. The number of benzene rings is 1. The van der Waals surface area contributed by atoms with Gasteiger partial charge in [-0.25, -0.2) is 4.79 Å². The summed E-state index contributed by atoms with van der Waals surface area (Å²) in [7, 11) is 0. The van der Waals surface area contributed by atoms with Crippen molar-refractivity contribution in [1.82, 2.24) is 4.98 Å². The second-order valence-corrected chi connectivity index (χ2v) is 4.72. The van der Waals surface area contributed by atoms with Gasteiger partial charge >= 0.3 is 18.3 Å². The van der Waals surface area contributed by atoms with Gasteiger partial charge in [-0.1, -0.05) is 0 Å². The molecule has 1 heterocycles. The average Bonchev–Trinajstić information content (AvgIpc) is 2.73. The molecule has 0 aliphatic carbocycles. The Bertz CT molecular complexity index is 837. The van der Waals surface area contributed by atoms with E-state index in [1.165, 1.54) is 0 Å². The minimum atomic E-state index is -5.27. The first-order valence-electron chi connectivity index (χ1n) is 6.00. The molecule has 0 saturated heterocycles. The summed E-state index contributed by atoms with van der Waals surface area (Å²) in [6.45, 7) is -1.30. The molecule has 24 heavy (non-hydrogen) atoms. The Morgan fingerprint density at radius 3 is 2.17 bits per heavy atom. The number of nitrogens with zero attached hydrogens (tertiary/aromatic N) is 1. The molecule has 0 aliphatic rings. The van der Waals surface area contributed by atoms with E-state index < -0.39 is 63.1 Å². The summed E-state index contributed by atoms with van der Waals surface area (Å²) in [6.07, 6.45) is -10.4. The van der Waals surface area contributed by atoms with Crippen molar-refractivity contribution in [1.29, 1.82) is 0 Å². The van der Waals surface area contributed by atoms with Gasteiger partial charge in [0.1, 0.15) is 5.69 Å². The molecule has 130 valence electrons. The first kappa shape index (κ1) is 17.6. The van der Waals surface area contributed by atoms with E-state index in [1.807, 2.05) is 4.98 Å². The van der Waals surface area contributed by atoms with Crippen molar-refractivity contribution in [2.75, 3.05) is 0 Å². The normalized spacial score (nSPS) is 12.6. The largest absolute Gasteiger partial charge is 0.477 e. The van der Waals surface area contributed by atoms with Gasteiger partial charge in [-0.2, -0.15) is 26.3 Å². The van der Waals surface area contributed by atoms with Crippen LogP contribution in [0.2, 0.25) is 0 Å². The molecule has 1 aromatic carbocycles. The fourth-order valence-corrected chi connectivity index (χ4v) is 2.26. The topological polar surface area (TPSA) is 96.2 Å². The molecule has 12 heteroatoms. The van der Waals surface area contributed by atoms with Crippen LogP contribution in [0, 0.1) is 10.1 Å². The molecule has 0 atom stereocenters. The Balaban J connectivity index is 2.96. The average molecular weight is 356 g/mol. The number of carboxylic acid groups (broad SMARTS) is 1. The van der Waals surface area contributed by atoms with Crippen molar-refractivity contribution >= 4 is 16.9 Å². The third-order valence-corrected chi connectivity index (χ3v) is 3.14. The number of aromatic carboxylic acids is 1. The highest BCUT2D eigenvalue weighted by atomic mass is 19.4. The predicted molar refractivity (Wildman–Crippen MR) is 66.0 cm³/mol. The van der Waals surface area contributed by atoms with E-state index >= 15 is 0 Å². The van der Waals surface area contributed by atoms with Crippen LogP contribution in [0.5, 0.6) is 0 Å². The molecule has 0 unspecified atom stereocenters. The van der Waals surface area contributed by atoms with Crippen molar-refractivity contribution in [3.05, 3.63) is 44.6 Å². The van der Waals surface area contributed by atoms with Gasteiger partial charge < -0.3 is 10.1 Å². The lowest BCUT2D eigenvalue weighted by Crippen LogP contribution is -2.12.